The molecule has 2 aromatic heterocycles. The normalized spacial score (nSPS) is 22.8. The van der Waals surface area contributed by atoms with E-state index < -0.39 is 12.1 Å². The van der Waals surface area contributed by atoms with Crippen LogP contribution in [-0.4, -0.2) is 37.9 Å². The molecule has 1 aliphatic carbocycles. The molecule has 1 amide bonds. The topological polar surface area (TPSA) is 119 Å². The van der Waals surface area contributed by atoms with Crippen LogP contribution in [0.1, 0.15) is 43.2 Å². The Morgan fingerprint density at radius 3 is 2.76 bits per heavy atom. The number of aliphatic hydroxyl groups is 1. The van der Waals surface area contributed by atoms with Crippen molar-refractivity contribution < 1.29 is 14.6 Å². The zero-order chi connectivity index (χ0) is 23.1. The molecule has 0 bridgehead atoms. The summed E-state index contributed by atoms with van der Waals surface area (Å²) in [6, 6.07) is 8.03. The van der Waals surface area contributed by atoms with Gasteiger partial charge in [-0.25, -0.2) is 0 Å². The van der Waals surface area contributed by atoms with Crippen LogP contribution in [0.4, 0.5) is 11.4 Å². The number of benzene rings is 1. The van der Waals surface area contributed by atoms with E-state index in [0.717, 1.165) is 59.2 Å². The molecular formula is C24H28N6O3. The number of hydrogen-bond acceptors (Lipinski definition) is 7. The largest absolute Gasteiger partial charge is 0.471 e. The maximum atomic E-state index is 12.4. The van der Waals surface area contributed by atoms with E-state index in [0.29, 0.717) is 0 Å². The Kier molecular flexibility index (Phi) is 5.41. The van der Waals surface area contributed by atoms with Crippen molar-refractivity contribution in [1.29, 1.82) is 0 Å². The highest BCUT2D eigenvalue weighted by Crippen LogP contribution is 2.43. The average Bonchev–Trinajstić information content (AvgIpc) is 3.37. The molecule has 0 saturated heterocycles. The standard InChI is InChI=1S/C24H28N6O3/c1-14-9-15(7-8-26-14)24-30(22(13-33-24)23(25)32)21-10-16-12-29(2)28-19(16)11-20(21)27-17-3-5-18(31)6-4-17/h7-13,17-18,24,27,31H,3-6H2,1-2H3,(H2,25,32). The smallest absolute Gasteiger partial charge is 0.268 e. The summed E-state index contributed by atoms with van der Waals surface area (Å²) in [5.74, 6) is -0.568. The van der Waals surface area contributed by atoms with Gasteiger partial charge in [0.25, 0.3) is 5.91 Å². The number of aromatic nitrogens is 3. The summed E-state index contributed by atoms with van der Waals surface area (Å²) in [6.45, 7) is 1.91. The van der Waals surface area contributed by atoms with Gasteiger partial charge >= 0.3 is 0 Å². The molecule has 172 valence electrons. The predicted molar refractivity (Wildman–Crippen MR) is 125 cm³/mol. The molecule has 3 heterocycles. The number of primary amides is 1. The van der Waals surface area contributed by atoms with Crippen molar-refractivity contribution in [2.24, 2.45) is 12.8 Å². The van der Waals surface area contributed by atoms with Crippen molar-refractivity contribution in [2.75, 3.05) is 10.2 Å². The molecule has 1 aliphatic heterocycles. The summed E-state index contributed by atoms with van der Waals surface area (Å²) in [5, 5.41) is 19.1. The number of fused-ring (bicyclic) bond motifs is 1. The number of aryl methyl sites for hydroxylation is 2. The van der Waals surface area contributed by atoms with Gasteiger partial charge in [0.15, 0.2) is 0 Å². The first-order valence-corrected chi connectivity index (χ1v) is 11.2. The van der Waals surface area contributed by atoms with E-state index in [2.05, 4.69) is 15.4 Å². The van der Waals surface area contributed by atoms with Crippen LogP contribution in [-0.2, 0) is 16.6 Å². The number of pyridine rings is 1. The summed E-state index contributed by atoms with van der Waals surface area (Å²) in [5.41, 5.74) is 10.2. The van der Waals surface area contributed by atoms with Crippen LogP contribution in [0.15, 0.2) is 48.6 Å². The minimum absolute atomic E-state index is 0.208. The van der Waals surface area contributed by atoms with E-state index in [1.807, 2.05) is 49.3 Å². The Bertz CT molecular complexity index is 1230. The van der Waals surface area contributed by atoms with Gasteiger partial charge in [-0.1, -0.05) is 0 Å². The first-order chi connectivity index (χ1) is 15.9. The lowest BCUT2D eigenvalue weighted by Crippen LogP contribution is -2.33. The molecule has 33 heavy (non-hydrogen) atoms. The molecule has 9 heteroatoms. The first kappa shape index (κ1) is 21.3. The Labute approximate surface area is 191 Å². The third-order valence-corrected chi connectivity index (χ3v) is 6.31. The second-order valence-corrected chi connectivity index (χ2v) is 8.84. The first-order valence-electron chi connectivity index (χ1n) is 11.2. The van der Waals surface area contributed by atoms with Crippen molar-refractivity contribution in [3.8, 4) is 0 Å². The third-order valence-electron chi connectivity index (χ3n) is 6.31. The molecule has 1 saturated carbocycles. The molecule has 1 aromatic carbocycles. The molecule has 2 aliphatic rings. The second-order valence-electron chi connectivity index (χ2n) is 8.84. The summed E-state index contributed by atoms with van der Waals surface area (Å²) < 4.78 is 7.73. The number of nitrogens with zero attached hydrogens (tertiary/aromatic N) is 4. The number of nitrogens with one attached hydrogen (secondary N) is 1. The minimum Gasteiger partial charge on any atom is -0.471 e. The Hall–Kier alpha value is -3.59. The number of aliphatic hydroxyl groups excluding tert-OH is 1. The van der Waals surface area contributed by atoms with Crippen molar-refractivity contribution in [3.63, 3.8) is 0 Å². The van der Waals surface area contributed by atoms with Gasteiger partial charge in [0, 0.05) is 42.1 Å². The van der Waals surface area contributed by atoms with E-state index in [9.17, 15) is 9.90 Å². The van der Waals surface area contributed by atoms with Gasteiger partial charge in [0.05, 0.1) is 23.0 Å². The Morgan fingerprint density at radius 2 is 2.03 bits per heavy atom. The van der Waals surface area contributed by atoms with E-state index in [1.165, 1.54) is 6.26 Å². The van der Waals surface area contributed by atoms with Crippen molar-refractivity contribution >= 4 is 28.2 Å². The fourth-order valence-corrected chi connectivity index (χ4v) is 4.69. The maximum absolute atomic E-state index is 12.4. The number of rotatable bonds is 5. The lowest BCUT2D eigenvalue weighted by molar-refractivity contribution is -0.114. The molecule has 1 atom stereocenters. The lowest BCUT2D eigenvalue weighted by atomic mass is 9.93. The zero-order valence-electron chi connectivity index (χ0n) is 18.7. The van der Waals surface area contributed by atoms with E-state index in [4.69, 9.17) is 10.5 Å². The van der Waals surface area contributed by atoms with Crippen LogP contribution in [0, 0.1) is 6.92 Å². The van der Waals surface area contributed by atoms with E-state index in [1.54, 1.807) is 10.9 Å². The molecule has 0 spiro atoms. The number of nitrogens with two attached hydrogens (primary N) is 1. The number of carbonyl (C=O) groups is 1. The van der Waals surface area contributed by atoms with Crippen LogP contribution in [0.2, 0.25) is 0 Å². The summed E-state index contributed by atoms with van der Waals surface area (Å²) >= 11 is 0. The van der Waals surface area contributed by atoms with Crippen LogP contribution >= 0.6 is 0 Å². The molecule has 5 rings (SSSR count). The van der Waals surface area contributed by atoms with Gasteiger partial charge in [-0.05, 0) is 56.9 Å². The second kappa shape index (κ2) is 8.40. The van der Waals surface area contributed by atoms with Crippen molar-refractivity contribution in [1.82, 2.24) is 14.8 Å². The van der Waals surface area contributed by atoms with Crippen LogP contribution in [0.25, 0.3) is 10.9 Å². The van der Waals surface area contributed by atoms with Gasteiger partial charge < -0.3 is 20.9 Å². The van der Waals surface area contributed by atoms with Crippen LogP contribution in [0.5, 0.6) is 0 Å². The van der Waals surface area contributed by atoms with Gasteiger partial charge in [-0.3, -0.25) is 19.4 Å². The highest BCUT2D eigenvalue weighted by Gasteiger charge is 2.35. The fraction of sp³-hybridized carbons (Fsp3) is 0.375. The number of hydrogen-bond donors (Lipinski definition) is 3. The van der Waals surface area contributed by atoms with E-state index >= 15 is 0 Å². The molecule has 1 fully saturated rings. The average molecular weight is 449 g/mol. The van der Waals surface area contributed by atoms with Crippen LogP contribution in [0.3, 0.4) is 0 Å². The van der Waals surface area contributed by atoms with E-state index in [-0.39, 0.29) is 17.8 Å². The Morgan fingerprint density at radius 1 is 1.24 bits per heavy atom. The number of carbonyl (C=O) groups excluding carboxylic acids is 1. The summed E-state index contributed by atoms with van der Waals surface area (Å²) in [7, 11) is 1.88. The molecule has 9 nitrogen and oxygen atoms in total. The molecule has 4 N–H and O–H groups in total. The molecule has 1 unspecified atom stereocenters. The van der Waals surface area contributed by atoms with Crippen molar-refractivity contribution in [3.05, 3.63) is 59.9 Å². The Balaban J connectivity index is 1.61. The maximum Gasteiger partial charge on any atom is 0.268 e. The van der Waals surface area contributed by atoms with Crippen LogP contribution < -0.4 is 16.0 Å². The summed E-state index contributed by atoms with van der Waals surface area (Å²) in [4.78, 5) is 18.5. The fourth-order valence-electron chi connectivity index (χ4n) is 4.69. The van der Waals surface area contributed by atoms with Crippen molar-refractivity contribution in [2.45, 2.75) is 51.0 Å². The summed E-state index contributed by atoms with van der Waals surface area (Å²) in [6.07, 6.45) is 7.55. The number of ether oxygens (including phenoxy) is 1. The quantitative estimate of drug-likeness (QED) is 0.549. The molecular weight excluding hydrogens is 420 g/mol. The molecule has 3 aromatic rings. The predicted octanol–water partition coefficient (Wildman–Crippen LogP) is 2.85. The lowest BCUT2D eigenvalue weighted by Gasteiger charge is -2.32. The minimum atomic E-state index is -0.568. The van der Waals surface area contributed by atoms with Gasteiger partial charge in [-0.15, -0.1) is 0 Å². The number of amides is 1. The molecule has 0 radical (unpaired) electrons. The van der Waals surface area contributed by atoms with Gasteiger partial charge in [0.1, 0.15) is 12.0 Å². The highest BCUT2D eigenvalue weighted by molar-refractivity contribution is 5.99. The SMILES string of the molecule is Cc1cc(C2OC=C(C(N)=O)N2c2cc3cn(C)nc3cc2NC2CCC(O)CC2)ccn1. The number of anilines is 2. The van der Waals surface area contributed by atoms with Gasteiger partial charge in [0.2, 0.25) is 6.23 Å². The third kappa shape index (κ3) is 4.11. The highest BCUT2D eigenvalue weighted by atomic mass is 16.5. The zero-order valence-corrected chi connectivity index (χ0v) is 18.7. The van der Waals surface area contributed by atoms with Gasteiger partial charge in [-0.2, -0.15) is 5.10 Å². The monoisotopic (exact) mass is 448 g/mol.